The van der Waals surface area contributed by atoms with Crippen molar-refractivity contribution in [2.45, 2.75) is 19.3 Å². The van der Waals surface area contributed by atoms with Gasteiger partial charge in [-0.1, -0.05) is 13.3 Å². The molecule has 1 fully saturated rings. The number of rotatable bonds is 2. The maximum Gasteiger partial charge on any atom is 0.236 e. The minimum absolute atomic E-state index is 0.0810. The molecule has 69 valence electrons. The second kappa shape index (κ2) is 4.45. The van der Waals surface area contributed by atoms with Crippen LogP contribution in [0.2, 0.25) is 0 Å². The minimum atomic E-state index is 0.0810. The fourth-order valence-electron chi connectivity index (χ4n) is 1.60. The maximum absolute atomic E-state index is 11.1. The normalized spacial score (nSPS) is 19.7. The summed E-state index contributed by atoms with van der Waals surface area (Å²) in [5.74, 6) is 0.796. The molecule has 1 aliphatic heterocycles. The van der Waals surface area contributed by atoms with Crippen LogP contribution in [0.4, 0.5) is 0 Å². The average Bonchev–Trinajstić information content (AvgIpc) is 2.17. The fourth-order valence-corrected chi connectivity index (χ4v) is 1.60. The Morgan fingerprint density at radius 2 is 2.08 bits per heavy atom. The summed E-state index contributed by atoms with van der Waals surface area (Å²) in [6.45, 7) is 5.76. The van der Waals surface area contributed by atoms with Gasteiger partial charge in [0.2, 0.25) is 5.91 Å². The molecular weight excluding hydrogens is 152 g/mol. The molecule has 0 aliphatic carbocycles. The highest BCUT2D eigenvalue weighted by Gasteiger charge is 2.20. The zero-order valence-electron chi connectivity index (χ0n) is 7.46. The van der Waals surface area contributed by atoms with E-state index < -0.39 is 0 Å². The number of hydrogen-bond donors (Lipinski definition) is 1. The van der Waals surface area contributed by atoms with Gasteiger partial charge in [-0.15, -0.1) is 0 Å². The van der Waals surface area contributed by atoms with Gasteiger partial charge in [-0.2, -0.15) is 0 Å². The number of carbonyl (C=O) groups excluding carboxylic acids is 1. The lowest BCUT2D eigenvalue weighted by Gasteiger charge is -2.31. The van der Waals surface area contributed by atoms with Crippen LogP contribution in [-0.2, 0) is 4.79 Å². The lowest BCUT2D eigenvalue weighted by Crippen LogP contribution is -2.41. The zero-order valence-corrected chi connectivity index (χ0v) is 7.46. The van der Waals surface area contributed by atoms with Gasteiger partial charge in [-0.25, -0.2) is 0 Å². The summed E-state index contributed by atoms with van der Waals surface area (Å²) < 4.78 is 0. The first kappa shape index (κ1) is 9.52. The quantitative estimate of drug-likeness (QED) is 0.650. The molecule has 1 heterocycles. The van der Waals surface area contributed by atoms with Crippen molar-refractivity contribution in [1.82, 2.24) is 4.90 Å². The highest BCUT2D eigenvalue weighted by atomic mass is 16.2. The third kappa shape index (κ3) is 2.21. The van der Waals surface area contributed by atoms with E-state index in [1.807, 2.05) is 4.90 Å². The molecule has 1 saturated heterocycles. The van der Waals surface area contributed by atoms with Gasteiger partial charge in [-0.05, 0) is 18.8 Å². The second-order valence-electron chi connectivity index (χ2n) is 3.32. The predicted octanol–water partition coefficient (Wildman–Crippen LogP) is 0.408. The Bertz CT molecular complexity index is 151. The number of nitrogens with two attached hydrogens (primary N) is 1. The topological polar surface area (TPSA) is 46.3 Å². The first-order valence-electron chi connectivity index (χ1n) is 4.55. The van der Waals surface area contributed by atoms with Gasteiger partial charge in [-0.3, -0.25) is 4.79 Å². The molecule has 0 unspecified atom stereocenters. The van der Waals surface area contributed by atoms with Gasteiger partial charge in [0.1, 0.15) is 0 Å². The van der Waals surface area contributed by atoms with E-state index in [9.17, 15) is 4.79 Å². The van der Waals surface area contributed by atoms with Crippen LogP contribution >= 0.6 is 0 Å². The van der Waals surface area contributed by atoms with Crippen LogP contribution < -0.4 is 5.73 Å². The van der Waals surface area contributed by atoms with Crippen LogP contribution in [0.15, 0.2) is 0 Å². The summed E-state index contributed by atoms with van der Waals surface area (Å²) in [6, 6.07) is 0. The average molecular weight is 169 g/mol. The zero-order chi connectivity index (χ0) is 8.97. The maximum atomic E-state index is 11.1. The molecule has 12 heavy (non-hydrogen) atoms. The van der Waals surface area contributed by atoms with Crippen molar-refractivity contribution in [1.29, 1.82) is 0 Å². The molecule has 0 saturated carbocycles. The standard InChI is InChI=1S/C9H17N2O/c1-2-8-3-5-11(6-4-8)9(12)7-10/h8H,1-7,10H2. The number of hydrogen-bond acceptors (Lipinski definition) is 2. The van der Waals surface area contributed by atoms with Gasteiger partial charge in [0, 0.05) is 13.1 Å². The Morgan fingerprint density at radius 3 is 2.50 bits per heavy atom. The van der Waals surface area contributed by atoms with Crippen molar-refractivity contribution in [2.24, 2.45) is 11.7 Å². The van der Waals surface area contributed by atoms with E-state index in [1.165, 1.54) is 0 Å². The number of amides is 1. The Hall–Kier alpha value is -0.570. The van der Waals surface area contributed by atoms with Crippen LogP contribution in [-0.4, -0.2) is 30.4 Å². The van der Waals surface area contributed by atoms with Crippen LogP contribution in [0, 0.1) is 12.8 Å². The second-order valence-corrected chi connectivity index (χ2v) is 3.32. The molecule has 1 aliphatic rings. The highest BCUT2D eigenvalue weighted by molar-refractivity contribution is 5.78. The van der Waals surface area contributed by atoms with Crippen molar-refractivity contribution in [3.63, 3.8) is 0 Å². The minimum Gasteiger partial charge on any atom is -0.342 e. The van der Waals surface area contributed by atoms with Gasteiger partial charge in [0.25, 0.3) is 0 Å². The molecule has 2 N–H and O–H groups in total. The SMILES string of the molecule is [CH2]CC1CCN(C(=O)CN)CC1. The summed E-state index contributed by atoms with van der Waals surface area (Å²) in [6.07, 6.45) is 3.18. The van der Waals surface area contributed by atoms with Crippen LogP contribution in [0.5, 0.6) is 0 Å². The summed E-state index contributed by atoms with van der Waals surface area (Å²) >= 11 is 0. The summed E-state index contributed by atoms with van der Waals surface area (Å²) in [7, 11) is 0. The van der Waals surface area contributed by atoms with E-state index in [0.29, 0.717) is 5.92 Å². The number of likely N-dealkylation sites (tertiary alicyclic amines) is 1. The molecule has 3 heteroatoms. The molecule has 0 spiro atoms. The number of nitrogens with zero attached hydrogens (tertiary/aromatic N) is 1. The summed E-state index contributed by atoms with van der Waals surface area (Å²) in [5, 5.41) is 0. The fraction of sp³-hybridized carbons (Fsp3) is 0.778. The lowest BCUT2D eigenvalue weighted by molar-refractivity contribution is -0.131. The van der Waals surface area contributed by atoms with Gasteiger partial charge in [0.05, 0.1) is 6.54 Å². The first-order chi connectivity index (χ1) is 5.77. The predicted molar refractivity (Wildman–Crippen MR) is 48.3 cm³/mol. The van der Waals surface area contributed by atoms with Crippen molar-refractivity contribution in [3.8, 4) is 0 Å². The van der Waals surface area contributed by atoms with Gasteiger partial charge in [0.15, 0.2) is 0 Å². The van der Waals surface area contributed by atoms with Crippen molar-refractivity contribution >= 4 is 5.91 Å². The Balaban J connectivity index is 2.30. The summed E-state index contributed by atoms with van der Waals surface area (Å²) in [5.41, 5.74) is 5.27. The smallest absolute Gasteiger partial charge is 0.236 e. The molecule has 0 atom stereocenters. The Labute approximate surface area is 73.9 Å². The third-order valence-electron chi connectivity index (χ3n) is 2.55. The molecule has 1 amide bonds. The van der Waals surface area contributed by atoms with E-state index in [4.69, 9.17) is 5.73 Å². The van der Waals surface area contributed by atoms with Crippen molar-refractivity contribution in [3.05, 3.63) is 6.92 Å². The van der Waals surface area contributed by atoms with E-state index in [-0.39, 0.29) is 12.5 Å². The highest BCUT2D eigenvalue weighted by Crippen LogP contribution is 2.19. The molecule has 0 aromatic carbocycles. The van der Waals surface area contributed by atoms with Crippen molar-refractivity contribution in [2.75, 3.05) is 19.6 Å². The monoisotopic (exact) mass is 169 g/mol. The Morgan fingerprint density at radius 1 is 1.50 bits per heavy atom. The van der Waals surface area contributed by atoms with E-state index >= 15 is 0 Å². The lowest BCUT2D eigenvalue weighted by atomic mass is 9.94. The van der Waals surface area contributed by atoms with Crippen LogP contribution in [0.3, 0.4) is 0 Å². The van der Waals surface area contributed by atoms with Gasteiger partial charge < -0.3 is 10.6 Å². The number of carbonyl (C=O) groups is 1. The first-order valence-corrected chi connectivity index (χ1v) is 4.55. The Kier molecular flexibility index (Phi) is 3.53. The van der Waals surface area contributed by atoms with Crippen LogP contribution in [0.1, 0.15) is 19.3 Å². The largest absolute Gasteiger partial charge is 0.342 e. The molecular formula is C9H17N2O. The molecule has 1 radical (unpaired) electrons. The third-order valence-corrected chi connectivity index (χ3v) is 2.55. The summed E-state index contributed by atoms with van der Waals surface area (Å²) in [4.78, 5) is 13.0. The van der Waals surface area contributed by atoms with Crippen LogP contribution in [0.25, 0.3) is 0 Å². The molecule has 0 aromatic heterocycles. The molecule has 0 aromatic rings. The van der Waals surface area contributed by atoms with Gasteiger partial charge >= 0.3 is 0 Å². The molecule has 3 nitrogen and oxygen atoms in total. The van der Waals surface area contributed by atoms with E-state index in [0.717, 1.165) is 32.4 Å². The van der Waals surface area contributed by atoms with E-state index in [1.54, 1.807) is 0 Å². The van der Waals surface area contributed by atoms with E-state index in [2.05, 4.69) is 6.92 Å². The van der Waals surface area contributed by atoms with Crippen molar-refractivity contribution < 1.29 is 4.79 Å². The molecule has 1 rings (SSSR count). The number of piperidine rings is 1. The molecule has 0 bridgehead atoms.